The average molecular weight is 1520 g/mol. The van der Waals surface area contributed by atoms with Crippen LogP contribution < -0.4 is 57.5 Å². The normalized spacial score (nSPS) is 16.9. The molecule has 0 bridgehead atoms. The van der Waals surface area contributed by atoms with Crippen molar-refractivity contribution in [3.63, 3.8) is 0 Å². The van der Waals surface area contributed by atoms with E-state index in [9.17, 15) is 0 Å². The summed E-state index contributed by atoms with van der Waals surface area (Å²) in [7, 11) is 17.0. The van der Waals surface area contributed by atoms with Gasteiger partial charge < -0.3 is 37.9 Å². The van der Waals surface area contributed by atoms with Crippen LogP contribution in [0.5, 0.6) is 0 Å². The molecule has 8 aromatic heterocycles. The van der Waals surface area contributed by atoms with Gasteiger partial charge in [0, 0.05) is 85.2 Å². The highest BCUT2D eigenvalue weighted by molar-refractivity contribution is 7.14. The zero-order valence-corrected chi connectivity index (χ0v) is 69.2. The first-order valence-corrected chi connectivity index (χ1v) is 40.7. The fourth-order valence-corrected chi connectivity index (χ4v) is 21.8. The van der Waals surface area contributed by atoms with Crippen LogP contribution in [0.1, 0.15) is 106 Å². The summed E-state index contributed by atoms with van der Waals surface area (Å²) in [6.07, 6.45) is 15.3. The number of benzene rings is 6. The maximum Gasteiger partial charge on any atom is 0.342 e. The molecule has 4 aliphatic rings. The van der Waals surface area contributed by atoms with Crippen molar-refractivity contribution in [1.29, 1.82) is 0 Å². The molecule has 14 aromatic rings. The van der Waals surface area contributed by atoms with E-state index in [1.54, 1.807) is 45.3 Å². The summed E-state index contributed by atoms with van der Waals surface area (Å²) in [6.45, 7) is 27.5. The number of nitrogens with zero attached hydrogens (tertiary/aromatic N) is 18. The van der Waals surface area contributed by atoms with Crippen LogP contribution in [0.25, 0.3) is 21.9 Å². The Morgan fingerprint density at radius 3 is 1.03 bits per heavy atom. The number of hydrogen-bond acceptors (Lipinski definition) is 14. The summed E-state index contributed by atoms with van der Waals surface area (Å²) in [5.74, 6) is 2.13. The minimum Gasteiger partial charge on any atom is -0.352 e. The molecule has 0 aliphatic carbocycles. The van der Waals surface area contributed by atoms with E-state index in [0.717, 1.165) is 22.7 Å². The molecule has 22 heteroatoms. The van der Waals surface area contributed by atoms with Crippen LogP contribution in [0, 0.1) is 0 Å². The quantitative estimate of drug-likeness (QED) is 0.110. The van der Waals surface area contributed by atoms with Gasteiger partial charge in [0.05, 0.1) is 84.1 Å². The maximum absolute atomic E-state index is 5.04. The fourth-order valence-electron chi connectivity index (χ4n) is 18.0. The third-order valence-electron chi connectivity index (χ3n) is 22.7. The van der Waals surface area contributed by atoms with E-state index in [-0.39, 0.29) is 46.8 Å². The highest BCUT2D eigenvalue weighted by atomic mass is 32.1. The van der Waals surface area contributed by atoms with E-state index < -0.39 is 0 Å². The summed E-state index contributed by atoms with van der Waals surface area (Å²) in [6, 6.07) is 58.6. The van der Waals surface area contributed by atoms with Crippen molar-refractivity contribution in [3.8, 4) is 0 Å². The Morgan fingerprint density at radius 1 is 0.343 bits per heavy atom. The molecule has 18 nitrogen and oxygen atoms in total. The van der Waals surface area contributed by atoms with Crippen molar-refractivity contribution >= 4 is 133 Å². The van der Waals surface area contributed by atoms with Gasteiger partial charge >= 0.3 is 20.5 Å². The maximum atomic E-state index is 5.04. The molecule has 0 amide bonds. The van der Waals surface area contributed by atoms with Crippen molar-refractivity contribution in [2.45, 2.75) is 130 Å². The zero-order chi connectivity index (χ0) is 76.2. The van der Waals surface area contributed by atoms with Gasteiger partial charge in [-0.25, -0.2) is 28.2 Å². The molecule has 108 heavy (non-hydrogen) atoms. The Morgan fingerprint density at radius 2 is 0.685 bits per heavy atom. The Kier molecular flexibility index (Phi) is 19.0. The number of aromatic nitrogens is 10. The summed E-state index contributed by atoms with van der Waals surface area (Å²) in [4.78, 5) is 29.5. The summed E-state index contributed by atoms with van der Waals surface area (Å²) < 4.78 is 17.7. The second-order valence-corrected chi connectivity index (χ2v) is 34.4. The van der Waals surface area contributed by atoms with Gasteiger partial charge in [0.25, 0.3) is 0 Å². The Labute approximate surface area is 652 Å². The topological polar surface area (TPSA) is 86.9 Å². The van der Waals surface area contributed by atoms with Crippen LogP contribution in [0.3, 0.4) is 0 Å². The molecular formula is C86H102N18S4+4. The average Bonchev–Trinajstić information content (AvgIpc) is 1.59. The van der Waals surface area contributed by atoms with Crippen LogP contribution >= 0.6 is 45.3 Å². The highest BCUT2D eigenvalue weighted by Gasteiger charge is 2.54. The lowest BCUT2D eigenvalue weighted by molar-refractivity contribution is -0.654. The van der Waals surface area contributed by atoms with Crippen LogP contribution in [0.2, 0.25) is 0 Å². The molecule has 4 aliphatic heterocycles. The second-order valence-electron chi connectivity index (χ2n) is 30.9. The van der Waals surface area contributed by atoms with Gasteiger partial charge in [-0.05, 0) is 173 Å². The third-order valence-corrected chi connectivity index (χ3v) is 26.5. The minimum absolute atomic E-state index is 0.127. The third kappa shape index (κ3) is 12.0. The Bertz CT molecular complexity index is 5240. The molecular weight excluding hydrogens is 1410 g/mol. The number of para-hydroxylation sites is 11. The van der Waals surface area contributed by atoms with Gasteiger partial charge in [-0.3, -0.25) is 0 Å². The molecule has 4 atom stereocenters. The van der Waals surface area contributed by atoms with Crippen molar-refractivity contribution in [1.82, 2.24) is 28.2 Å². The second kappa shape index (κ2) is 28.1. The number of imidazole rings is 2. The lowest BCUT2D eigenvalue weighted by atomic mass is 9.96. The molecule has 0 fully saturated rings. The largest absolute Gasteiger partial charge is 0.352 e. The molecule has 0 unspecified atom stereocenters. The van der Waals surface area contributed by atoms with E-state index in [1.165, 1.54) is 88.3 Å². The smallest absolute Gasteiger partial charge is 0.342 e. The highest BCUT2D eigenvalue weighted by Crippen LogP contribution is 2.54. The molecule has 0 saturated carbocycles. The number of aryl methyl sites for hydroxylation is 8. The number of hydrogen-bond donors (Lipinski definition) is 0. The Hall–Kier alpha value is -10.3. The van der Waals surface area contributed by atoms with Crippen molar-refractivity contribution < 1.29 is 18.3 Å². The predicted molar refractivity (Wildman–Crippen MR) is 448 cm³/mol. The first kappa shape index (κ1) is 73.3. The molecule has 0 radical (unpaired) electrons. The van der Waals surface area contributed by atoms with E-state index in [1.807, 2.05) is 12.4 Å². The van der Waals surface area contributed by atoms with Crippen LogP contribution in [-0.4, -0.2) is 52.9 Å². The van der Waals surface area contributed by atoms with E-state index in [2.05, 4.69) is 436 Å². The monoisotopic (exact) mass is 1510 g/mol. The SMILES string of the molecule is C[C@@H]1N(c2scc[n+]2C)c2ccccc2N1C(C)(C)c1cc2ccccc2n1C.C[C@@H]1N(c2scc[n+]2C)c2ccccc2N1C(C)(C)c1cccn1C.C[C@@H]1N(c2scc[n+]2C)c2ccccc2N1C(C)(C)c1nc2ccccc2n1C.C[C@@H]1N(c2scc[n+]2C)c2ccccc2N1C(C)(C)c1nccn1C. The molecule has 12 heterocycles. The summed E-state index contributed by atoms with van der Waals surface area (Å²) in [5, 5.41) is 14.8. The standard InChI is InChI=1S/C24H27N4S.C23H26N5S.C20H25N4S.C19H24N5S/c1-17-27(23-25(4)14-15-29-23)20-12-8-9-13-21(20)28(17)24(2,3)22-16-18-10-6-7-11-19(18)26(22)5;1-16-27(22-25(4)14-15-29-22)19-12-8-9-13-20(19)28(16)23(2,3)21-24-17-10-6-7-11-18(17)26(21)5;1-15-23(19-22(5)13-14-25-19)16-9-6-7-10-17(16)24(15)20(2,3)18-11-8-12-21(18)4;1-14-23(18-22(5)12-13-25-18)15-8-6-7-9-16(15)24(14)19(2,3)17-20-10-11-21(17)4/h6-17H,1-5H3;6-16H,1-5H3;6-15H,1-5H3;6-14H,1-5H3/q4*+1/t17-;16-;15-;14-/m1111/s1. The number of fused-ring (bicyclic) bond motifs is 6. The summed E-state index contributed by atoms with van der Waals surface area (Å²) >= 11 is 7.11. The van der Waals surface area contributed by atoms with Crippen LogP contribution in [-0.2, 0) is 78.5 Å². The molecule has 6 aromatic carbocycles. The van der Waals surface area contributed by atoms with Gasteiger partial charge in [-0.1, -0.05) is 124 Å². The molecule has 0 spiro atoms. The lowest BCUT2D eigenvalue weighted by Gasteiger charge is -2.40. The summed E-state index contributed by atoms with van der Waals surface area (Å²) in [5.41, 5.74) is 15.3. The number of rotatable bonds is 12. The van der Waals surface area contributed by atoms with Crippen LogP contribution in [0.15, 0.2) is 229 Å². The van der Waals surface area contributed by atoms with Crippen molar-refractivity contribution in [3.05, 3.63) is 252 Å². The van der Waals surface area contributed by atoms with Crippen molar-refractivity contribution in [2.24, 2.45) is 56.4 Å². The molecule has 556 valence electrons. The van der Waals surface area contributed by atoms with Gasteiger partial charge in [-0.2, -0.15) is 19.6 Å². The van der Waals surface area contributed by atoms with Gasteiger partial charge in [-0.15, -0.1) is 0 Å². The first-order valence-electron chi connectivity index (χ1n) is 37.2. The van der Waals surface area contributed by atoms with E-state index in [0.29, 0.717) is 0 Å². The first-order chi connectivity index (χ1) is 51.7. The zero-order valence-electron chi connectivity index (χ0n) is 65.9. The Balaban J connectivity index is 0.000000115. The van der Waals surface area contributed by atoms with Gasteiger partial charge in [0.2, 0.25) is 0 Å². The van der Waals surface area contributed by atoms with E-state index >= 15 is 0 Å². The van der Waals surface area contributed by atoms with E-state index in [4.69, 9.17) is 4.98 Å². The number of anilines is 12. The van der Waals surface area contributed by atoms with Crippen LogP contribution in [0.4, 0.5) is 66.0 Å². The van der Waals surface area contributed by atoms with Crippen molar-refractivity contribution in [2.75, 3.05) is 39.2 Å². The van der Waals surface area contributed by atoms with Gasteiger partial charge in [0.15, 0.2) is 47.4 Å². The molecule has 18 rings (SSSR count). The predicted octanol–water partition coefficient (Wildman–Crippen LogP) is 17.7. The van der Waals surface area contributed by atoms with Gasteiger partial charge in [0.1, 0.15) is 36.4 Å². The fraction of sp³-hybridized carbons (Fsp3) is 0.326. The number of thiazole rings is 4. The molecule has 0 N–H and O–H groups in total. The molecule has 0 saturated heterocycles. The minimum atomic E-state index is -0.298. The lowest BCUT2D eigenvalue weighted by Crippen LogP contribution is -2.51.